The van der Waals surface area contributed by atoms with Gasteiger partial charge in [-0.2, -0.15) is 0 Å². The second kappa shape index (κ2) is 5.32. The number of benzene rings is 1. The molecule has 5 heteroatoms. The van der Waals surface area contributed by atoms with Gasteiger partial charge in [-0.1, -0.05) is 25.1 Å². The largest absolute Gasteiger partial charge is 0.354 e. The highest BCUT2D eigenvalue weighted by Gasteiger charge is 2.08. The van der Waals surface area contributed by atoms with E-state index in [-0.39, 0.29) is 0 Å². The molecule has 3 aromatic rings. The van der Waals surface area contributed by atoms with Crippen molar-refractivity contribution >= 4 is 28.2 Å². The van der Waals surface area contributed by atoms with Crippen molar-refractivity contribution in [3.63, 3.8) is 0 Å². The number of fused-ring (bicyclic) bond motifs is 1. The van der Waals surface area contributed by atoms with Gasteiger partial charge >= 0.3 is 0 Å². The average Bonchev–Trinajstić information content (AvgIpc) is 2.99. The first-order valence-corrected chi connectivity index (χ1v) is 7.06. The summed E-state index contributed by atoms with van der Waals surface area (Å²) < 4.78 is 0. The van der Waals surface area contributed by atoms with Crippen LogP contribution in [0.4, 0.5) is 5.95 Å². The van der Waals surface area contributed by atoms with Gasteiger partial charge in [-0.05, 0) is 6.07 Å². The normalized spacial score (nSPS) is 12.5. The summed E-state index contributed by atoms with van der Waals surface area (Å²) in [5.41, 5.74) is 0.960. The van der Waals surface area contributed by atoms with Crippen LogP contribution in [-0.4, -0.2) is 21.5 Å². The van der Waals surface area contributed by atoms with Crippen molar-refractivity contribution in [3.8, 4) is 0 Å². The van der Waals surface area contributed by atoms with E-state index in [1.807, 2.05) is 42.0 Å². The van der Waals surface area contributed by atoms with E-state index < -0.39 is 0 Å². The minimum atomic E-state index is 0.357. The maximum absolute atomic E-state index is 4.49. The quantitative estimate of drug-likeness (QED) is 0.790. The van der Waals surface area contributed by atoms with Gasteiger partial charge < -0.3 is 5.32 Å². The van der Waals surface area contributed by atoms with E-state index >= 15 is 0 Å². The highest BCUT2D eigenvalue weighted by molar-refractivity contribution is 7.09. The summed E-state index contributed by atoms with van der Waals surface area (Å²) in [6.45, 7) is 2.93. The Morgan fingerprint density at radius 3 is 3.00 bits per heavy atom. The molecule has 96 valence electrons. The Morgan fingerprint density at radius 2 is 2.16 bits per heavy atom. The van der Waals surface area contributed by atoms with E-state index in [0.717, 1.165) is 22.5 Å². The standard InChI is InChI=1S/C14H14N4S/c1-10(13-15-6-7-19-13)8-16-14-17-9-11-4-2-3-5-12(11)18-14/h2-7,9-10H,8H2,1H3,(H,16,17,18). The van der Waals surface area contributed by atoms with Gasteiger partial charge in [-0.3, -0.25) is 0 Å². The van der Waals surface area contributed by atoms with Crippen LogP contribution in [0.25, 0.3) is 10.9 Å². The number of hydrogen-bond donors (Lipinski definition) is 1. The van der Waals surface area contributed by atoms with Crippen LogP contribution >= 0.6 is 11.3 Å². The molecule has 0 aliphatic rings. The van der Waals surface area contributed by atoms with Crippen molar-refractivity contribution in [2.24, 2.45) is 0 Å². The second-order valence-electron chi connectivity index (χ2n) is 4.40. The number of anilines is 1. The van der Waals surface area contributed by atoms with Crippen molar-refractivity contribution in [3.05, 3.63) is 47.0 Å². The minimum absolute atomic E-state index is 0.357. The predicted octanol–water partition coefficient (Wildman–Crippen LogP) is 3.30. The molecule has 0 bridgehead atoms. The van der Waals surface area contributed by atoms with Crippen molar-refractivity contribution < 1.29 is 0 Å². The van der Waals surface area contributed by atoms with Crippen LogP contribution in [0, 0.1) is 0 Å². The lowest BCUT2D eigenvalue weighted by Gasteiger charge is -2.10. The lowest BCUT2D eigenvalue weighted by atomic mass is 10.2. The van der Waals surface area contributed by atoms with Gasteiger partial charge in [-0.15, -0.1) is 11.3 Å². The van der Waals surface area contributed by atoms with Gasteiger partial charge in [0.15, 0.2) is 0 Å². The molecule has 3 rings (SSSR count). The van der Waals surface area contributed by atoms with Crippen LogP contribution in [0.3, 0.4) is 0 Å². The molecule has 1 aromatic carbocycles. The number of nitrogens with one attached hydrogen (secondary N) is 1. The molecular weight excluding hydrogens is 256 g/mol. The summed E-state index contributed by atoms with van der Waals surface area (Å²) in [4.78, 5) is 13.1. The van der Waals surface area contributed by atoms with Crippen molar-refractivity contribution in [1.29, 1.82) is 0 Å². The molecule has 2 aromatic heterocycles. The molecule has 0 aliphatic heterocycles. The maximum atomic E-state index is 4.49. The fraction of sp³-hybridized carbons (Fsp3) is 0.214. The summed E-state index contributed by atoms with van der Waals surface area (Å²) in [5.74, 6) is 1.03. The van der Waals surface area contributed by atoms with Gasteiger partial charge in [0, 0.05) is 35.6 Å². The molecule has 0 saturated carbocycles. The molecule has 0 radical (unpaired) electrons. The Hall–Kier alpha value is -2.01. The third kappa shape index (κ3) is 2.71. The molecule has 1 atom stereocenters. The maximum Gasteiger partial charge on any atom is 0.223 e. The Kier molecular flexibility index (Phi) is 3.37. The van der Waals surface area contributed by atoms with Crippen molar-refractivity contribution in [2.45, 2.75) is 12.8 Å². The van der Waals surface area contributed by atoms with Crippen molar-refractivity contribution in [1.82, 2.24) is 15.0 Å². The van der Waals surface area contributed by atoms with Gasteiger partial charge in [-0.25, -0.2) is 15.0 Å². The monoisotopic (exact) mass is 270 g/mol. The summed E-state index contributed by atoms with van der Waals surface area (Å²) >= 11 is 1.68. The van der Waals surface area contributed by atoms with E-state index in [4.69, 9.17) is 0 Å². The molecular formula is C14H14N4S. The Labute approximate surface area is 115 Å². The zero-order chi connectivity index (χ0) is 13.1. The molecule has 4 nitrogen and oxygen atoms in total. The number of hydrogen-bond acceptors (Lipinski definition) is 5. The number of thiazole rings is 1. The molecule has 0 fully saturated rings. The number of rotatable bonds is 4. The SMILES string of the molecule is CC(CNc1ncc2ccccc2n1)c1nccs1. The molecule has 1 N–H and O–H groups in total. The molecule has 19 heavy (non-hydrogen) atoms. The molecule has 1 unspecified atom stereocenters. The van der Waals surface area contributed by atoms with E-state index in [1.165, 1.54) is 0 Å². The Bertz CT molecular complexity index is 666. The van der Waals surface area contributed by atoms with E-state index in [9.17, 15) is 0 Å². The molecule has 0 amide bonds. The molecule has 0 aliphatic carbocycles. The zero-order valence-electron chi connectivity index (χ0n) is 10.6. The van der Waals surface area contributed by atoms with E-state index in [0.29, 0.717) is 11.9 Å². The number of para-hydroxylation sites is 1. The van der Waals surface area contributed by atoms with Crippen LogP contribution < -0.4 is 5.32 Å². The van der Waals surface area contributed by atoms with Crippen LogP contribution in [0.2, 0.25) is 0 Å². The highest BCUT2D eigenvalue weighted by Crippen LogP contribution is 2.18. The van der Waals surface area contributed by atoms with Gasteiger partial charge in [0.1, 0.15) is 0 Å². The lowest BCUT2D eigenvalue weighted by molar-refractivity contribution is 0.788. The van der Waals surface area contributed by atoms with Crippen LogP contribution in [0.15, 0.2) is 42.0 Å². The minimum Gasteiger partial charge on any atom is -0.354 e. The summed E-state index contributed by atoms with van der Waals surface area (Å²) in [6.07, 6.45) is 3.68. The number of nitrogens with zero attached hydrogens (tertiary/aromatic N) is 3. The van der Waals surface area contributed by atoms with Crippen LogP contribution in [-0.2, 0) is 0 Å². The predicted molar refractivity (Wildman–Crippen MR) is 78.6 cm³/mol. The lowest BCUT2D eigenvalue weighted by Crippen LogP contribution is -2.11. The zero-order valence-corrected chi connectivity index (χ0v) is 11.4. The third-order valence-electron chi connectivity index (χ3n) is 2.93. The first-order valence-electron chi connectivity index (χ1n) is 6.18. The average molecular weight is 270 g/mol. The van der Waals surface area contributed by atoms with Gasteiger partial charge in [0.2, 0.25) is 5.95 Å². The summed E-state index contributed by atoms with van der Waals surface area (Å²) in [5, 5.41) is 7.46. The first-order chi connectivity index (χ1) is 9.33. The fourth-order valence-electron chi connectivity index (χ4n) is 1.87. The summed E-state index contributed by atoms with van der Waals surface area (Å²) in [7, 11) is 0. The van der Waals surface area contributed by atoms with Gasteiger partial charge in [0.25, 0.3) is 0 Å². The molecule has 0 saturated heterocycles. The molecule has 0 spiro atoms. The van der Waals surface area contributed by atoms with Crippen LogP contribution in [0.5, 0.6) is 0 Å². The Morgan fingerprint density at radius 1 is 1.26 bits per heavy atom. The second-order valence-corrected chi connectivity index (χ2v) is 5.33. The third-order valence-corrected chi connectivity index (χ3v) is 3.94. The fourth-order valence-corrected chi connectivity index (χ4v) is 2.57. The first kappa shape index (κ1) is 12.0. The Balaban J connectivity index is 1.71. The molecule has 2 heterocycles. The highest BCUT2D eigenvalue weighted by atomic mass is 32.1. The smallest absolute Gasteiger partial charge is 0.223 e. The topological polar surface area (TPSA) is 50.7 Å². The number of aromatic nitrogens is 3. The van der Waals surface area contributed by atoms with E-state index in [2.05, 4.69) is 27.2 Å². The van der Waals surface area contributed by atoms with E-state index in [1.54, 1.807) is 11.3 Å². The van der Waals surface area contributed by atoms with Gasteiger partial charge in [0.05, 0.1) is 10.5 Å². The van der Waals surface area contributed by atoms with Crippen molar-refractivity contribution in [2.75, 3.05) is 11.9 Å². The summed E-state index contributed by atoms with van der Waals surface area (Å²) in [6, 6.07) is 7.98. The van der Waals surface area contributed by atoms with Crippen LogP contribution in [0.1, 0.15) is 17.8 Å².